The van der Waals surface area contributed by atoms with E-state index in [0.717, 1.165) is 4.88 Å². The van der Waals surface area contributed by atoms with E-state index >= 15 is 0 Å². The average molecular weight is 382 g/mol. The van der Waals surface area contributed by atoms with Crippen molar-refractivity contribution in [3.8, 4) is 0 Å². The molecular weight excluding hydrogens is 364 g/mol. The van der Waals surface area contributed by atoms with E-state index in [1.54, 1.807) is 13.0 Å². The Labute approximate surface area is 149 Å². The maximum atomic E-state index is 12.4. The van der Waals surface area contributed by atoms with Gasteiger partial charge in [0.15, 0.2) is 0 Å². The molecule has 0 atom stereocenters. The molecule has 0 saturated carbocycles. The van der Waals surface area contributed by atoms with Crippen molar-refractivity contribution >= 4 is 38.9 Å². The number of aryl methyl sites for hydroxylation is 2. The van der Waals surface area contributed by atoms with Crippen LogP contribution in [-0.4, -0.2) is 31.9 Å². The number of carboxylic acid groups (broad SMARTS) is 1. The molecule has 1 aromatic heterocycles. The van der Waals surface area contributed by atoms with Gasteiger partial charge in [-0.25, -0.2) is 8.42 Å². The highest BCUT2D eigenvalue weighted by molar-refractivity contribution is 7.93. The van der Waals surface area contributed by atoms with Crippen molar-refractivity contribution in [2.45, 2.75) is 25.2 Å². The normalized spacial score (nSPS) is 11.1. The lowest BCUT2D eigenvalue weighted by Crippen LogP contribution is -2.25. The smallest absolute Gasteiger partial charge is 0.305 e. The third kappa shape index (κ3) is 5.04. The maximum Gasteiger partial charge on any atom is 0.305 e. The Kier molecular flexibility index (Phi) is 5.81. The van der Waals surface area contributed by atoms with Gasteiger partial charge in [-0.2, -0.15) is 0 Å². The maximum absolute atomic E-state index is 12.4. The van der Waals surface area contributed by atoms with Crippen molar-refractivity contribution in [2.75, 3.05) is 11.3 Å². The molecule has 0 unspecified atom stereocenters. The van der Waals surface area contributed by atoms with Crippen molar-refractivity contribution in [3.05, 3.63) is 45.6 Å². The molecule has 9 heteroatoms. The fraction of sp³-hybridized carbons (Fsp3) is 0.250. The molecule has 0 fully saturated rings. The summed E-state index contributed by atoms with van der Waals surface area (Å²) in [4.78, 5) is 24.1. The molecule has 0 aliphatic rings. The minimum atomic E-state index is -3.69. The highest BCUT2D eigenvalue weighted by Crippen LogP contribution is 2.26. The number of sulfonamides is 1. The second-order valence-electron chi connectivity index (χ2n) is 5.36. The molecule has 0 spiro atoms. The molecule has 0 radical (unpaired) electrons. The highest BCUT2D eigenvalue weighted by Gasteiger charge is 2.19. The van der Waals surface area contributed by atoms with E-state index in [4.69, 9.17) is 5.11 Å². The van der Waals surface area contributed by atoms with E-state index in [1.165, 1.54) is 35.6 Å². The Bertz CT molecular complexity index is 886. The van der Waals surface area contributed by atoms with Crippen LogP contribution in [0, 0.1) is 13.8 Å². The number of thiophene rings is 1. The van der Waals surface area contributed by atoms with Crippen LogP contribution >= 0.6 is 11.3 Å². The summed E-state index contributed by atoms with van der Waals surface area (Å²) in [5.41, 5.74) is 0.654. The van der Waals surface area contributed by atoms with Gasteiger partial charge in [-0.1, -0.05) is 0 Å². The van der Waals surface area contributed by atoms with Crippen LogP contribution < -0.4 is 10.0 Å². The predicted molar refractivity (Wildman–Crippen MR) is 95.6 cm³/mol. The second kappa shape index (κ2) is 7.66. The summed E-state index contributed by atoms with van der Waals surface area (Å²) in [5.74, 6) is -1.41. The number of rotatable bonds is 7. The number of anilines is 1. The summed E-state index contributed by atoms with van der Waals surface area (Å²) < 4.78 is 27.3. The largest absolute Gasteiger partial charge is 0.481 e. The van der Waals surface area contributed by atoms with E-state index in [9.17, 15) is 18.0 Å². The van der Waals surface area contributed by atoms with Gasteiger partial charge < -0.3 is 10.4 Å². The number of hydrogen-bond donors (Lipinski definition) is 3. The van der Waals surface area contributed by atoms with E-state index in [2.05, 4.69) is 10.0 Å². The van der Waals surface area contributed by atoms with Gasteiger partial charge >= 0.3 is 5.97 Å². The van der Waals surface area contributed by atoms with Crippen LogP contribution in [-0.2, 0) is 14.8 Å². The van der Waals surface area contributed by atoms with E-state index < -0.39 is 21.9 Å². The third-order valence-corrected chi connectivity index (χ3v) is 5.91. The number of hydrogen-bond acceptors (Lipinski definition) is 5. The summed E-state index contributed by atoms with van der Waals surface area (Å²) in [6.07, 6.45) is -0.164. The van der Waals surface area contributed by atoms with Crippen molar-refractivity contribution in [3.63, 3.8) is 0 Å². The zero-order valence-electron chi connectivity index (χ0n) is 13.7. The molecule has 0 bridgehead atoms. The molecule has 2 rings (SSSR count). The first-order chi connectivity index (χ1) is 11.7. The lowest BCUT2D eigenvalue weighted by Gasteiger charge is -2.09. The number of benzene rings is 1. The van der Waals surface area contributed by atoms with Crippen LogP contribution in [0.25, 0.3) is 0 Å². The molecule has 1 heterocycles. The Morgan fingerprint density at radius 3 is 2.32 bits per heavy atom. The highest BCUT2D eigenvalue weighted by atomic mass is 32.2. The van der Waals surface area contributed by atoms with Gasteiger partial charge in [0.05, 0.1) is 6.42 Å². The van der Waals surface area contributed by atoms with Crippen LogP contribution in [0.1, 0.15) is 26.5 Å². The SMILES string of the molecule is Cc1cc(S(=O)(=O)Nc2ccc(C(=O)NCCC(=O)O)cc2)c(C)s1. The van der Waals surface area contributed by atoms with Crippen LogP contribution in [0.3, 0.4) is 0 Å². The van der Waals surface area contributed by atoms with Gasteiger partial charge in [-0.15, -0.1) is 11.3 Å². The number of carbonyl (C=O) groups excluding carboxylic acids is 1. The standard InChI is InChI=1S/C16H18N2O5S2/c1-10-9-14(11(2)24-10)25(22,23)18-13-5-3-12(4-6-13)16(21)17-8-7-15(19)20/h3-6,9,18H,7-8H2,1-2H3,(H,17,21)(H,19,20). The fourth-order valence-electron chi connectivity index (χ4n) is 2.16. The molecule has 134 valence electrons. The van der Waals surface area contributed by atoms with Crippen molar-refractivity contribution in [1.82, 2.24) is 5.32 Å². The summed E-state index contributed by atoms with van der Waals surface area (Å²) >= 11 is 1.41. The Balaban J connectivity index is 2.06. The summed E-state index contributed by atoms with van der Waals surface area (Å²) in [7, 11) is -3.69. The van der Waals surface area contributed by atoms with Gasteiger partial charge in [0.1, 0.15) is 4.90 Å². The molecule has 1 amide bonds. The van der Waals surface area contributed by atoms with Crippen molar-refractivity contribution in [1.29, 1.82) is 0 Å². The zero-order chi connectivity index (χ0) is 18.6. The van der Waals surface area contributed by atoms with Crippen molar-refractivity contribution < 1.29 is 23.1 Å². The molecule has 2 aromatic rings. The monoisotopic (exact) mass is 382 g/mol. The van der Waals surface area contributed by atoms with Gasteiger partial charge in [0.2, 0.25) is 0 Å². The van der Waals surface area contributed by atoms with E-state index in [-0.39, 0.29) is 17.9 Å². The van der Waals surface area contributed by atoms with Crippen LogP contribution in [0.4, 0.5) is 5.69 Å². The number of amides is 1. The Morgan fingerprint density at radius 2 is 1.80 bits per heavy atom. The van der Waals surface area contributed by atoms with Crippen LogP contribution in [0.5, 0.6) is 0 Å². The summed E-state index contributed by atoms with van der Waals surface area (Å²) in [5, 5.41) is 11.0. The number of carbonyl (C=O) groups is 2. The van der Waals surface area contributed by atoms with E-state index in [1.807, 2.05) is 6.92 Å². The lowest BCUT2D eigenvalue weighted by atomic mass is 10.2. The molecule has 25 heavy (non-hydrogen) atoms. The molecule has 1 aromatic carbocycles. The predicted octanol–water partition coefficient (Wildman–Crippen LogP) is 2.37. The van der Waals surface area contributed by atoms with Crippen LogP contribution in [0.2, 0.25) is 0 Å². The zero-order valence-corrected chi connectivity index (χ0v) is 15.3. The Hall–Kier alpha value is -2.39. The minimum Gasteiger partial charge on any atom is -0.481 e. The quantitative estimate of drug-likeness (QED) is 0.680. The fourth-order valence-corrected chi connectivity index (χ4v) is 4.77. The number of aliphatic carboxylic acids is 1. The number of carboxylic acids is 1. The minimum absolute atomic E-state index is 0.0271. The average Bonchev–Trinajstić information content (AvgIpc) is 2.86. The van der Waals surface area contributed by atoms with Crippen LogP contribution in [0.15, 0.2) is 35.2 Å². The first kappa shape index (κ1) is 18.9. The molecular formula is C16H18N2O5S2. The topological polar surface area (TPSA) is 113 Å². The molecule has 0 aliphatic heterocycles. The van der Waals surface area contributed by atoms with E-state index in [0.29, 0.717) is 16.1 Å². The molecule has 3 N–H and O–H groups in total. The van der Waals surface area contributed by atoms with Gasteiger partial charge in [0.25, 0.3) is 15.9 Å². The summed E-state index contributed by atoms with van der Waals surface area (Å²) in [6, 6.07) is 7.53. The first-order valence-corrected chi connectivity index (χ1v) is 9.69. The first-order valence-electron chi connectivity index (χ1n) is 7.39. The summed E-state index contributed by atoms with van der Waals surface area (Å²) in [6.45, 7) is 3.62. The molecule has 0 aliphatic carbocycles. The van der Waals surface area contributed by atoms with Gasteiger partial charge in [-0.05, 0) is 44.2 Å². The molecule has 0 saturated heterocycles. The number of nitrogens with one attached hydrogen (secondary N) is 2. The molecule has 7 nitrogen and oxygen atoms in total. The van der Waals surface area contributed by atoms with Gasteiger partial charge in [-0.3, -0.25) is 14.3 Å². The van der Waals surface area contributed by atoms with Crippen molar-refractivity contribution in [2.24, 2.45) is 0 Å². The Morgan fingerprint density at radius 1 is 1.16 bits per heavy atom. The lowest BCUT2D eigenvalue weighted by molar-refractivity contribution is -0.136. The van der Waals surface area contributed by atoms with Gasteiger partial charge in [0, 0.05) is 27.5 Å². The second-order valence-corrected chi connectivity index (χ2v) is 8.47. The third-order valence-electron chi connectivity index (χ3n) is 3.31.